The summed E-state index contributed by atoms with van der Waals surface area (Å²) in [5, 5.41) is 3.81. The maximum atomic E-state index is 12.5. The Hall–Kier alpha value is -2.00. The van der Waals surface area contributed by atoms with Crippen LogP contribution in [0.1, 0.15) is 18.9 Å². The van der Waals surface area contributed by atoms with Crippen LogP contribution < -0.4 is 5.32 Å². The van der Waals surface area contributed by atoms with Gasteiger partial charge in [0.2, 0.25) is 5.91 Å². The number of rotatable bonds is 8. The van der Waals surface area contributed by atoms with Crippen LogP contribution in [0.4, 0.5) is 13.2 Å². The molecule has 1 saturated heterocycles. The molecule has 0 atom stereocenters. The summed E-state index contributed by atoms with van der Waals surface area (Å²) in [7, 11) is 0. The predicted molar refractivity (Wildman–Crippen MR) is 111 cm³/mol. The second-order valence-corrected chi connectivity index (χ2v) is 7.37. The van der Waals surface area contributed by atoms with Crippen LogP contribution in [0.15, 0.2) is 29.3 Å². The van der Waals surface area contributed by atoms with E-state index < -0.39 is 12.8 Å². The minimum atomic E-state index is -4.30. The van der Waals surface area contributed by atoms with Gasteiger partial charge in [0.15, 0.2) is 5.96 Å². The van der Waals surface area contributed by atoms with Gasteiger partial charge < -0.3 is 19.9 Å². The molecule has 1 fully saturated rings. The van der Waals surface area contributed by atoms with Gasteiger partial charge in [-0.1, -0.05) is 23.7 Å². The molecule has 0 saturated carbocycles. The number of amides is 1. The number of ether oxygens (including phenoxy) is 1. The van der Waals surface area contributed by atoms with Crippen LogP contribution in [0.3, 0.4) is 0 Å². The summed E-state index contributed by atoms with van der Waals surface area (Å²) in [5.41, 5.74) is 0.887. The maximum Gasteiger partial charge on any atom is 0.411 e. The summed E-state index contributed by atoms with van der Waals surface area (Å²) in [6.07, 6.45) is -3.59. The molecule has 0 radical (unpaired) electrons. The Morgan fingerprint density at radius 1 is 1.23 bits per heavy atom. The Morgan fingerprint density at radius 3 is 2.57 bits per heavy atom. The number of carbonyl (C=O) groups excluding carboxylic acids is 1. The van der Waals surface area contributed by atoms with Crippen LogP contribution in [0.2, 0.25) is 5.02 Å². The van der Waals surface area contributed by atoms with Crippen molar-refractivity contribution in [1.29, 1.82) is 0 Å². The van der Waals surface area contributed by atoms with Crippen LogP contribution in [0.25, 0.3) is 0 Å². The highest BCUT2D eigenvalue weighted by Gasteiger charge is 2.27. The van der Waals surface area contributed by atoms with E-state index in [1.54, 1.807) is 12.1 Å². The van der Waals surface area contributed by atoms with Crippen molar-refractivity contribution >= 4 is 23.5 Å². The Balaban J connectivity index is 1.77. The second kappa shape index (κ2) is 12.0. The molecule has 2 rings (SSSR count). The second-order valence-electron chi connectivity index (χ2n) is 6.93. The SMILES string of the molecule is CCNC(=NCCCOCC(F)(F)F)N1CCN(C(=O)Cc2cccc(Cl)c2)CC1. The van der Waals surface area contributed by atoms with E-state index in [1.807, 2.05) is 24.0 Å². The fourth-order valence-electron chi connectivity index (χ4n) is 3.07. The number of halogens is 4. The van der Waals surface area contributed by atoms with E-state index in [4.69, 9.17) is 11.6 Å². The van der Waals surface area contributed by atoms with Gasteiger partial charge in [-0.3, -0.25) is 9.79 Å². The molecule has 10 heteroatoms. The number of benzene rings is 1. The van der Waals surface area contributed by atoms with Gasteiger partial charge in [-0.25, -0.2) is 0 Å². The third-order valence-electron chi connectivity index (χ3n) is 4.49. The van der Waals surface area contributed by atoms with E-state index in [0.29, 0.717) is 63.1 Å². The first-order valence-corrected chi connectivity index (χ1v) is 10.4. The first-order chi connectivity index (χ1) is 14.3. The molecule has 0 aliphatic carbocycles. The molecular weight excluding hydrogens is 421 g/mol. The zero-order valence-electron chi connectivity index (χ0n) is 17.1. The van der Waals surface area contributed by atoms with Crippen LogP contribution in [-0.4, -0.2) is 80.3 Å². The number of nitrogens with one attached hydrogen (secondary N) is 1. The van der Waals surface area contributed by atoms with Crippen molar-refractivity contribution < 1.29 is 22.7 Å². The van der Waals surface area contributed by atoms with Gasteiger partial charge in [-0.15, -0.1) is 0 Å². The monoisotopic (exact) mass is 448 g/mol. The number of guanidine groups is 1. The van der Waals surface area contributed by atoms with Crippen molar-refractivity contribution in [2.45, 2.75) is 25.9 Å². The molecule has 0 unspecified atom stereocenters. The number of nitrogens with zero attached hydrogens (tertiary/aromatic N) is 3. The van der Waals surface area contributed by atoms with Crippen LogP contribution in [0.5, 0.6) is 0 Å². The number of piperazine rings is 1. The number of carbonyl (C=O) groups is 1. The summed E-state index contributed by atoms with van der Waals surface area (Å²) in [5.74, 6) is 0.760. The quantitative estimate of drug-likeness (QED) is 0.377. The summed E-state index contributed by atoms with van der Waals surface area (Å²) in [4.78, 5) is 20.9. The van der Waals surface area contributed by atoms with Crippen molar-refractivity contribution in [3.8, 4) is 0 Å². The molecule has 0 spiro atoms. The molecule has 1 amide bonds. The summed E-state index contributed by atoms with van der Waals surface area (Å²) < 4.78 is 40.8. The Morgan fingerprint density at radius 2 is 1.93 bits per heavy atom. The standard InChI is InChI=1S/C20H28ClF3N4O2/c1-2-25-19(26-7-4-12-30-15-20(22,23)24)28-10-8-27(9-11-28)18(29)14-16-5-3-6-17(21)13-16/h3,5-6,13H,2,4,7-12,14-15H2,1H3,(H,25,26). The van der Waals surface area contributed by atoms with Crippen LogP contribution >= 0.6 is 11.6 Å². The maximum absolute atomic E-state index is 12.5. The molecule has 1 heterocycles. The first-order valence-electron chi connectivity index (χ1n) is 9.98. The van der Waals surface area contributed by atoms with Crippen LogP contribution in [0, 0.1) is 0 Å². The van der Waals surface area contributed by atoms with Gasteiger partial charge >= 0.3 is 6.18 Å². The normalized spacial score (nSPS) is 15.4. The van der Waals surface area contributed by atoms with E-state index in [2.05, 4.69) is 19.9 Å². The van der Waals surface area contributed by atoms with E-state index in [1.165, 1.54) is 0 Å². The van der Waals surface area contributed by atoms with Gasteiger partial charge in [-0.2, -0.15) is 13.2 Å². The third kappa shape index (κ3) is 8.79. The Labute approximate surface area is 180 Å². The summed E-state index contributed by atoms with van der Waals surface area (Å²) >= 11 is 5.98. The molecular formula is C20H28ClF3N4O2. The number of aliphatic imine (C=N–C) groups is 1. The molecule has 1 aromatic carbocycles. The smallest absolute Gasteiger partial charge is 0.372 e. The lowest BCUT2D eigenvalue weighted by molar-refractivity contribution is -0.173. The molecule has 168 valence electrons. The molecule has 1 aromatic rings. The molecule has 1 aliphatic rings. The van der Waals surface area contributed by atoms with Crippen molar-refractivity contribution in [2.75, 3.05) is 52.5 Å². The summed E-state index contributed by atoms with van der Waals surface area (Å²) in [6, 6.07) is 7.28. The number of hydrogen-bond donors (Lipinski definition) is 1. The van der Waals surface area contributed by atoms with E-state index >= 15 is 0 Å². The zero-order valence-corrected chi connectivity index (χ0v) is 17.8. The van der Waals surface area contributed by atoms with Gasteiger partial charge in [-0.05, 0) is 31.0 Å². The minimum Gasteiger partial charge on any atom is -0.372 e. The Kier molecular flexibility index (Phi) is 9.71. The van der Waals surface area contributed by atoms with E-state index in [-0.39, 0.29) is 12.5 Å². The van der Waals surface area contributed by atoms with Crippen LogP contribution in [-0.2, 0) is 16.0 Å². The van der Waals surface area contributed by atoms with Gasteiger partial charge in [0, 0.05) is 50.9 Å². The van der Waals surface area contributed by atoms with Crippen molar-refractivity contribution in [3.63, 3.8) is 0 Å². The predicted octanol–water partition coefficient (Wildman–Crippen LogP) is 2.96. The molecule has 1 N–H and O–H groups in total. The first kappa shape index (κ1) is 24.3. The number of alkyl halides is 3. The topological polar surface area (TPSA) is 57.2 Å². The molecule has 0 aromatic heterocycles. The highest BCUT2D eigenvalue weighted by atomic mass is 35.5. The lowest BCUT2D eigenvalue weighted by Gasteiger charge is -2.36. The van der Waals surface area contributed by atoms with E-state index in [9.17, 15) is 18.0 Å². The zero-order chi connectivity index (χ0) is 22.0. The van der Waals surface area contributed by atoms with Gasteiger partial charge in [0.25, 0.3) is 0 Å². The lowest BCUT2D eigenvalue weighted by atomic mass is 10.1. The fourth-order valence-corrected chi connectivity index (χ4v) is 3.28. The summed E-state index contributed by atoms with van der Waals surface area (Å²) in [6.45, 7) is 4.21. The highest BCUT2D eigenvalue weighted by molar-refractivity contribution is 6.30. The average Bonchev–Trinajstić information content (AvgIpc) is 2.69. The van der Waals surface area contributed by atoms with E-state index in [0.717, 1.165) is 5.56 Å². The minimum absolute atomic E-state index is 0.00813. The van der Waals surface area contributed by atoms with Crippen molar-refractivity contribution in [2.24, 2.45) is 4.99 Å². The molecule has 6 nitrogen and oxygen atoms in total. The fraction of sp³-hybridized carbons (Fsp3) is 0.600. The van der Waals surface area contributed by atoms with Crippen molar-refractivity contribution in [1.82, 2.24) is 15.1 Å². The Bertz CT molecular complexity index is 708. The van der Waals surface area contributed by atoms with Gasteiger partial charge in [0.05, 0.1) is 6.42 Å². The molecule has 0 bridgehead atoms. The molecule has 1 aliphatic heterocycles. The van der Waals surface area contributed by atoms with Crippen molar-refractivity contribution in [3.05, 3.63) is 34.9 Å². The highest BCUT2D eigenvalue weighted by Crippen LogP contribution is 2.15. The number of hydrogen-bond acceptors (Lipinski definition) is 3. The third-order valence-corrected chi connectivity index (χ3v) is 4.72. The lowest BCUT2D eigenvalue weighted by Crippen LogP contribution is -2.54. The van der Waals surface area contributed by atoms with Gasteiger partial charge in [0.1, 0.15) is 6.61 Å². The average molecular weight is 449 g/mol. The largest absolute Gasteiger partial charge is 0.411 e. The molecule has 30 heavy (non-hydrogen) atoms.